The van der Waals surface area contributed by atoms with E-state index >= 15 is 0 Å². The van der Waals surface area contributed by atoms with Crippen LogP contribution in [-0.2, 0) is 16.4 Å². The van der Waals surface area contributed by atoms with E-state index in [1.165, 1.54) is 16.3 Å². The molecule has 152 valence electrons. The highest BCUT2D eigenvalue weighted by atomic mass is 32.2. The van der Waals surface area contributed by atoms with E-state index < -0.39 is 28.0 Å². The first-order valence-electron chi connectivity index (χ1n) is 8.11. The normalized spacial score (nSPS) is 16.6. The maximum Gasteiger partial charge on any atom is 0.416 e. The van der Waals surface area contributed by atoms with Crippen molar-refractivity contribution in [3.8, 4) is 0 Å². The summed E-state index contributed by atoms with van der Waals surface area (Å²) in [7, 11) is -2.35. The smallest absolute Gasteiger partial charge is 0.395 e. The summed E-state index contributed by atoms with van der Waals surface area (Å²) >= 11 is 0. The van der Waals surface area contributed by atoms with E-state index in [9.17, 15) is 26.4 Å². The zero-order chi connectivity index (χ0) is 20.2. The van der Waals surface area contributed by atoms with Gasteiger partial charge in [0.25, 0.3) is 10.2 Å². The third-order valence-electron chi connectivity index (χ3n) is 4.12. The molecule has 0 bridgehead atoms. The monoisotopic (exact) mass is 410 g/mol. The Morgan fingerprint density at radius 1 is 1.19 bits per heavy atom. The van der Waals surface area contributed by atoms with E-state index in [-0.39, 0.29) is 45.0 Å². The Hall–Kier alpha value is -1.89. The average Bonchev–Trinajstić information content (AvgIpc) is 2.61. The molecule has 0 aromatic heterocycles. The Morgan fingerprint density at radius 3 is 2.22 bits per heavy atom. The summed E-state index contributed by atoms with van der Waals surface area (Å²) in [4.78, 5) is 13.6. The van der Waals surface area contributed by atoms with E-state index in [2.05, 4.69) is 5.32 Å². The number of benzene rings is 1. The Balaban J connectivity index is 1.91. The van der Waals surface area contributed by atoms with Crippen molar-refractivity contribution < 1.29 is 31.5 Å². The van der Waals surface area contributed by atoms with Gasteiger partial charge in [0, 0.05) is 45.5 Å². The summed E-state index contributed by atoms with van der Waals surface area (Å²) in [5, 5.41) is 11.4. The number of anilines is 1. The van der Waals surface area contributed by atoms with Gasteiger partial charge in [-0.15, -0.1) is 0 Å². The molecule has 0 saturated carbocycles. The number of urea groups is 1. The fraction of sp³-hybridized carbons (Fsp3) is 0.533. The third kappa shape index (κ3) is 5.31. The van der Waals surface area contributed by atoms with Crippen LogP contribution < -0.4 is 5.32 Å². The summed E-state index contributed by atoms with van der Waals surface area (Å²) in [5.41, 5.74) is -0.600. The molecule has 1 aromatic rings. The SMILES string of the molecule is CN(CCO)S(=O)(=O)N1CCN(C(=O)Nc2ccc(C(F)(F)F)cc2)CC1. The molecule has 2 rings (SSSR count). The standard InChI is InChI=1S/C15H21F3N4O4S/c1-20(10-11-23)27(25,26)22-8-6-21(7-9-22)14(24)19-13-4-2-12(3-5-13)15(16,17)18/h2-5,23H,6-11H2,1H3,(H,19,24). The molecule has 1 fully saturated rings. The molecular weight excluding hydrogens is 389 g/mol. The lowest BCUT2D eigenvalue weighted by molar-refractivity contribution is -0.137. The van der Waals surface area contributed by atoms with E-state index in [1.807, 2.05) is 0 Å². The lowest BCUT2D eigenvalue weighted by atomic mass is 10.2. The lowest BCUT2D eigenvalue weighted by Gasteiger charge is -2.35. The fourth-order valence-corrected chi connectivity index (χ4v) is 3.85. The van der Waals surface area contributed by atoms with Gasteiger partial charge in [-0.25, -0.2) is 4.79 Å². The van der Waals surface area contributed by atoms with Crippen molar-refractivity contribution >= 4 is 21.9 Å². The number of rotatable bonds is 5. The molecule has 1 aliphatic heterocycles. The van der Waals surface area contributed by atoms with Gasteiger partial charge in [-0.1, -0.05) is 0 Å². The zero-order valence-electron chi connectivity index (χ0n) is 14.6. The predicted molar refractivity (Wildman–Crippen MR) is 92.2 cm³/mol. The van der Waals surface area contributed by atoms with E-state index in [0.29, 0.717) is 0 Å². The molecule has 0 spiro atoms. The third-order valence-corrected chi connectivity index (χ3v) is 6.11. The van der Waals surface area contributed by atoms with Crippen molar-refractivity contribution in [1.29, 1.82) is 0 Å². The number of nitrogens with zero attached hydrogens (tertiary/aromatic N) is 3. The van der Waals surface area contributed by atoms with Gasteiger partial charge in [0.1, 0.15) is 0 Å². The van der Waals surface area contributed by atoms with Crippen LogP contribution in [0.1, 0.15) is 5.56 Å². The molecule has 1 aliphatic rings. The second-order valence-corrected chi connectivity index (χ2v) is 7.98. The van der Waals surface area contributed by atoms with Gasteiger partial charge in [-0.3, -0.25) is 0 Å². The second-order valence-electron chi connectivity index (χ2n) is 5.94. The average molecular weight is 410 g/mol. The van der Waals surface area contributed by atoms with Gasteiger partial charge >= 0.3 is 12.2 Å². The van der Waals surface area contributed by atoms with Gasteiger partial charge in [-0.05, 0) is 24.3 Å². The number of carbonyl (C=O) groups is 1. The van der Waals surface area contributed by atoms with Crippen LogP contribution in [0.15, 0.2) is 24.3 Å². The topological polar surface area (TPSA) is 93.2 Å². The Labute approximate surface area is 155 Å². The van der Waals surface area contributed by atoms with Gasteiger partial charge in [0.2, 0.25) is 0 Å². The van der Waals surface area contributed by atoms with Crippen molar-refractivity contribution in [1.82, 2.24) is 13.5 Å². The second kappa shape index (κ2) is 8.42. The highest BCUT2D eigenvalue weighted by Gasteiger charge is 2.32. The van der Waals surface area contributed by atoms with E-state index in [4.69, 9.17) is 5.11 Å². The molecule has 0 aliphatic carbocycles. The van der Waals surface area contributed by atoms with Gasteiger partial charge in [-0.2, -0.15) is 30.2 Å². The van der Waals surface area contributed by atoms with Gasteiger partial charge < -0.3 is 15.3 Å². The Morgan fingerprint density at radius 2 is 1.74 bits per heavy atom. The van der Waals surface area contributed by atoms with Crippen molar-refractivity contribution in [3.05, 3.63) is 29.8 Å². The minimum Gasteiger partial charge on any atom is -0.395 e. The molecule has 27 heavy (non-hydrogen) atoms. The van der Waals surface area contributed by atoms with Crippen LogP contribution in [0.25, 0.3) is 0 Å². The first kappa shape index (κ1) is 21.4. The maximum absolute atomic E-state index is 12.5. The van der Waals surface area contributed by atoms with Gasteiger partial charge in [0.15, 0.2) is 0 Å². The molecule has 0 radical (unpaired) electrons. The van der Waals surface area contributed by atoms with Crippen molar-refractivity contribution in [3.63, 3.8) is 0 Å². The number of hydrogen-bond donors (Lipinski definition) is 2. The first-order chi connectivity index (χ1) is 12.6. The lowest BCUT2D eigenvalue weighted by Crippen LogP contribution is -2.54. The fourth-order valence-electron chi connectivity index (χ4n) is 2.52. The Kier molecular flexibility index (Phi) is 6.68. The maximum atomic E-state index is 12.5. The van der Waals surface area contributed by atoms with Crippen molar-refractivity contribution in [2.45, 2.75) is 6.18 Å². The summed E-state index contributed by atoms with van der Waals surface area (Å²) in [6.45, 7) is 0.108. The quantitative estimate of drug-likeness (QED) is 0.758. The highest BCUT2D eigenvalue weighted by Crippen LogP contribution is 2.29. The van der Waals surface area contributed by atoms with Crippen molar-refractivity contribution in [2.24, 2.45) is 0 Å². The molecule has 0 unspecified atom stereocenters. The van der Waals surface area contributed by atoms with Crippen LogP contribution in [0, 0.1) is 0 Å². The highest BCUT2D eigenvalue weighted by molar-refractivity contribution is 7.86. The number of nitrogens with one attached hydrogen (secondary N) is 1. The van der Waals surface area contributed by atoms with Crippen molar-refractivity contribution in [2.75, 3.05) is 51.7 Å². The number of alkyl halides is 3. The van der Waals surface area contributed by atoms with Crippen LogP contribution in [-0.4, -0.2) is 79.4 Å². The van der Waals surface area contributed by atoms with Crippen LogP contribution in [0.5, 0.6) is 0 Å². The minimum atomic E-state index is -4.45. The van der Waals surface area contributed by atoms with Crippen LogP contribution in [0.4, 0.5) is 23.7 Å². The summed E-state index contributed by atoms with van der Waals surface area (Å²) in [6.07, 6.45) is -4.45. The van der Waals surface area contributed by atoms with E-state index in [1.54, 1.807) is 0 Å². The molecule has 0 atom stereocenters. The molecule has 2 N–H and O–H groups in total. The molecule has 1 heterocycles. The number of carbonyl (C=O) groups excluding carboxylic acids is 1. The van der Waals surface area contributed by atoms with Crippen LogP contribution >= 0.6 is 0 Å². The number of amides is 2. The summed E-state index contributed by atoms with van der Waals surface area (Å²) in [5.74, 6) is 0. The first-order valence-corrected chi connectivity index (χ1v) is 9.51. The van der Waals surface area contributed by atoms with E-state index in [0.717, 1.165) is 28.6 Å². The number of aliphatic hydroxyl groups excluding tert-OH is 1. The predicted octanol–water partition coefficient (Wildman–Crippen LogP) is 1.02. The number of piperazine rings is 1. The van der Waals surface area contributed by atoms with Crippen LogP contribution in [0.3, 0.4) is 0 Å². The number of aliphatic hydroxyl groups is 1. The number of halogens is 3. The molecular formula is C15H21F3N4O4S. The summed E-state index contributed by atoms with van der Waals surface area (Å²) < 4.78 is 64.5. The molecule has 1 aromatic carbocycles. The van der Waals surface area contributed by atoms with Gasteiger partial charge in [0.05, 0.1) is 12.2 Å². The molecule has 1 saturated heterocycles. The largest absolute Gasteiger partial charge is 0.416 e. The van der Waals surface area contributed by atoms with Crippen LogP contribution in [0.2, 0.25) is 0 Å². The number of hydrogen-bond acceptors (Lipinski definition) is 4. The Bertz CT molecular complexity index is 747. The minimum absolute atomic E-state index is 0.0308. The molecule has 2 amide bonds. The molecule has 12 heteroatoms. The number of likely N-dealkylation sites (N-methyl/N-ethyl adjacent to an activating group) is 1. The zero-order valence-corrected chi connectivity index (χ0v) is 15.4. The summed E-state index contributed by atoms with van der Waals surface area (Å²) in [6, 6.07) is 3.54. The molecule has 8 nitrogen and oxygen atoms in total.